The van der Waals surface area contributed by atoms with E-state index in [4.69, 9.17) is 4.42 Å². The third kappa shape index (κ3) is 1.53. The summed E-state index contributed by atoms with van der Waals surface area (Å²) in [5.74, 6) is 1.24. The van der Waals surface area contributed by atoms with Gasteiger partial charge in [-0.15, -0.1) is 0 Å². The molecular formula is C8H12O3S. The molecule has 12 heavy (non-hydrogen) atoms. The monoisotopic (exact) mass is 188 g/mol. The van der Waals surface area contributed by atoms with Gasteiger partial charge in [0.15, 0.2) is 9.84 Å². The summed E-state index contributed by atoms with van der Waals surface area (Å²) in [4.78, 5) is 0.322. The summed E-state index contributed by atoms with van der Waals surface area (Å²) in [5, 5.41) is 0. The number of rotatable bonds is 2. The predicted molar refractivity (Wildman–Crippen MR) is 45.9 cm³/mol. The fraction of sp³-hybridized carbons (Fsp3) is 0.500. The molecule has 0 unspecified atom stereocenters. The number of hydrogen-bond acceptors (Lipinski definition) is 3. The first-order valence-electron chi connectivity index (χ1n) is 3.77. The van der Waals surface area contributed by atoms with E-state index in [1.807, 2.05) is 0 Å². The van der Waals surface area contributed by atoms with Crippen molar-refractivity contribution in [2.75, 3.05) is 5.75 Å². The van der Waals surface area contributed by atoms with Crippen molar-refractivity contribution < 1.29 is 12.8 Å². The highest BCUT2D eigenvalue weighted by atomic mass is 32.2. The van der Waals surface area contributed by atoms with Crippen molar-refractivity contribution in [3.05, 3.63) is 17.6 Å². The minimum Gasteiger partial charge on any atom is -0.465 e. The van der Waals surface area contributed by atoms with Crippen molar-refractivity contribution >= 4 is 9.84 Å². The minimum absolute atomic E-state index is 0.118. The van der Waals surface area contributed by atoms with Gasteiger partial charge in [0.1, 0.15) is 16.4 Å². The van der Waals surface area contributed by atoms with Gasteiger partial charge in [-0.05, 0) is 19.9 Å². The first-order chi connectivity index (χ1) is 5.47. The Balaban J connectivity index is 3.29. The molecule has 0 aliphatic carbocycles. The van der Waals surface area contributed by atoms with Crippen LogP contribution in [0.3, 0.4) is 0 Å². The van der Waals surface area contributed by atoms with Crippen molar-refractivity contribution in [3.63, 3.8) is 0 Å². The van der Waals surface area contributed by atoms with E-state index in [9.17, 15) is 8.42 Å². The molecule has 0 atom stereocenters. The van der Waals surface area contributed by atoms with E-state index in [0.717, 1.165) is 0 Å². The van der Waals surface area contributed by atoms with Crippen molar-refractivity contribution in [2.45, 2.75) is 25.7 Å². The Bertz CT molecular complexity index is 373. The van der Waals surface area contributed by atoms with Crippen LogP contribution in [0.4, 0.5) is 0 Å². The number of furan rings is 1. The molecule has 0 aromatic carbocycles. The highest BCUT2D eigenvalue weighted by molar-refractivity contribution is 7.91. The van der Waals surface area contributed by atoms with Crippen LogP contribution in [0, 0.1) is 13.8 Å². The smallest absolute Gasteiger partial charge is 0.181 e. The van der Waals surface area contributed by atoms with Crippen LogP contribution in [0.25, 0.3) is 0 Å². The van der Waals surface area contributed by atoms with E-state index in [1.54, 1.807) is 26.8 Å². The molecule has 0 fully saturated rings. The summed E-state index contributed by atoms with van der Waals surface area (Å²) >= 11 is 0. The standard InChI is InChI=1S/C8H12O3S/c1-4-12(9,10)8-5-6(2)11-7(8)3/h5H,4H2,1-3H3. The van der Waals surface area contributed by atoms with Crippen LogP contribution in [0.1, 0.15) is 18.4 Å². The molecule has 1 heterocycles. The maximum Gasteiger partial charge on any atom is 0.181 e. The summed E-state index contributed by atoms with van der Waals surface area (Å²) in [6.07, 6.45) is 0. The summed E-state index contributed by atoms with van der Waals surface area (Å²) in [5.41, 5.74) is 0. The first kappa shape index (κ1) is 9.32. The number of aryl methyl sites for hydroxylation is 2. The van der Waals surface area contributed by atoms with Crippen LogP contribution in [-0.4, -0.2) is 14.2 Å². The van der Waals surface area contributed by atoms with Gasteiger partial charge >= 0.3 is 0 Å². The third-order valence-electron chi connectivity index (χ3n) is 1.71. The minimum atomic E-state index is -3.10. The number of hydrogen-bond donors (Lipinski definition) is 0. The highest BCUT2D eigenvalue weighted by Gasteiger charge is 2.17. The lowest BCUT2D eigenvalue weighted by molar-refractivity contribution is 0.496. The van der Waals surface area contributed by atoms with Crippen molar-refractivity contribution in [1.82, 2.24) is 0 Å². The van der Waals surface area contributed by atoms with Crippen LogP contribution >= 0.6 is 0 Å². The van der Waals surface area contributed by atoms with E-state index < -0.39 is 9.84 Å². The molecule has 0 bridgehead atoms. The molecule has 0 radical (unpaired) electrons. The van der Waals surface area contributed by atoms with E-state index in [-0.39, 0.29) is 5.75 Å². The van der Waals surface area contributed by atoms with Gasteiger partial charge in [-0.1, -0.05) is 6.92 Å². The Labute approximate surface area is 72.3 Å². The molecule has 0 saturated heterocycles. The molecule has 0 aliphatic heterocycles. The maximum atomic E-state index is 11.4. The van der Waals surface area contributed by atoms with Crippen molar-refractivity contribution in [1.29, 1.82) is 0 Å². The Kier molecular flexibility index (Phi) is 2.28. The van der Waals surface area contributed by atoms with E-state index >= 15 is 0 Å². The number of sulfone groups is 1. The van der Waals surface area contributed by atoms with Gasteiger partial charge in [-0.3, -0.25) is 0 Å². The van der Waals surface area contributed by atoms with Gasteiger partial charge in [-0.25, -0.2) is 8.42 Å². The van der Waals surface area contributed by atoms with Crippen LogP contribution in [0.2, 0.25) is 0 Å². The largest absolute Gasteiger partial charge is 0.465 e. The molecular weight excluding hydrogens is 176 g/mol. The Morgan fingerprint density at radius 2 is 2.00 bits per heavy atom. The Hall–Kier alpha value is -0.770. The second kappa shape index (κ2) is 2.94. The lowest BCUT2D eigenvalue weighted by Crippen LogP contribution is -2.03. The van der Waals surface area contributed by atoms with Gasteiger partial charge in [0, 0.05) is 0 Å². The van der Waals surface area contributed by atoms with Gasteiger partial charge in [0.2, 0.25) is 0 Å². The quantitative estimate of drug-likeness (QED) is 0.709. The topological polar surface area (TPSA) is 47.3 Å². The molecule has 0 aliphatic rings. The molecule has 0 amide bonds. The molecule has 1 aromatic rings. The highest BCUT2D eigenvalue weighted by Crippen LogP contribution is 2.20. The molecule has 4 heteroatoms. The van der Waals surface area contributed by atoms with Crippen LogP contribution in [0.5, 0.6) is 0 Å². The van der Waals surface area contributed by atoms with E-state index in [0.29, 0.717) is 16.4 Å². The molecule has 1 aromatic heterocycles. The van der Waals surface area contributed by atoms with Gasteiger partial charge in [0.25, 0.3) is 0 Å². The Morgan fingerprint density at radius 3 is 2.33 bits per heavy atom. The van der Waals surface area contributed by atoms with Gasteiger partial charge in [-0.2, -0.15) is 0 Å². The first-order valence-corrected chi connectivity index (χ1v) is 5.42. The molecule has 68 valence electrons. The zero-order valence-electron chi connectivity index (χ0n) is 7.42. The fourth-order valence-electron chi connectivity index (χ4n) is 1.07. The zero-order chi connectivity index (χ0) is 9.35. The lowest BCUT2D eigenvalue weighted by Gasteiger charge is -1.96. The molecule has 0 spiro atoms. The van der Waals surface area contributed by atoms with E-state index in [1.165, 1.54) is 0 Å². The van der Waals surface area contributed by atoms with Gasteiger partial charge < -0.3 is 4.42 Å². The zero-order valence-corrected chi connectivity index (χ0v) is 8.23. The summed E-state index contributed by atoms with van der Waals surface area (Å²) in [6, 6.07) is 1.56. The molecule has 0 saturated carbocycles. The second-order valence-corrected chi connectivity index (χ2v) is 4.93. The van der Waals surface area contributed by atoms with Crippen molar-refractivity contribution in [3.8, 4) is 0 Å². The third-order valence-corrected chi connectivity index (χ3v) is 3.55. The van der Waals surface area contributed by atoms with Crippen LogP contribution in [0.15, 0.2) is 15.4 Å². The second-order valence-electron chi connectivity index (χ2n) is 2.68. The molecule has 1 rings (SSSR count). The van der Waals surface area contributed by atoms with Crippen LogP contribution in [-0.2, 0) is 9.84 Å². The summed E-state index contributed by atoms with van der Waals surface area (Å²) in [7, 11) is -3.10. The average molecular weight is 188 g/mol. The summed E-state index contributed by atoms with van der Waals surface area (Å²) in [6.45, 7) is 5.02. The molecule has 3 nitrogen and oxygen atoms in total. The SMILES string of the molecule is CCS(=O)(=O)c1cc(C)oc1C. The van der Waals surface area contributed by atoms with Crippen LogP contribution < -0.4 is 0 Å². The normalized spacial score (nSPS) is 11.9. The molecule has 0 N–H and O–H groups in total. The lowest BCUT2D eigenvalue weighted by atomic mass is 10.4. The Morgan fingerprint density at radius 1 is 1.42 bits per heavy atom. The average Bonchev–Trinajstić information content (AvgIpc) is 2.31. The van der Waals surface area contributed by atoms with E-state index in [2.05, 4.69) is 0 Å². The fourth-order valence-corrected chi connectivity index (χ4v) is 2.21. The maximum absolute atomic E-state index is 11.4. The van der Waals surface area contributed by atoms with Gasteiger partial charge in [0.05, 0.1) is 5.75 Å². The summed E-state index contributed by atoms with van der Waals surface area (Å²) < 4.78 is 27.9. The van der Waals surface area contributed by atoms with Crippen molar-refractivity contribution in [2.24, 2.45) is 0 Å². The predicted octanol–water partition coefficient (Wildman–Crippen LogP) is 1.69.